The van der Waals surface area contributed by atoms with Gasteiger partial charge in [0.15, 0.2) is 11.8 Å². The van der Waals surface area contributed by atoms with Crippen LogP contribution in [-0.4, -0.2) is 124 Å². The molecule has 0 unspecified atom stereocenters. The van der Waals surface area contributed by atoms with Gasteiger partial charge < -0.3 is 46.7 Å². The van der Waals surface area contributed by atoms with Crippen LogP contribution in [0.15, 0.2) is 263 Å². The van der Waals surface area contributed by atoms with E-state index in [1.807, 2.05) is 153 Å². The molecule has 0 fully saturated rings. The maximum atomic E-state index is 10.9. The third-order valence-corrected chi connectivity index (χ3v) is 15.6. The lowest BCUT2D eigenvalue weighted by Crippen LogP contribution is -2.04. The van der Waals surface area contributed by atoms with E-state index in [2.05, 4.69) is 290 Å². The number of para-hydroxylation sites is 4. The number of aldehydes is 2. The minimum atomic E-state index is -3.22. The van der Waals surface area contributed by atoms with Crippen molar-refractivity contribution in [1.29, 1.82) is 0 Å². The van der Waals surface area contributed by atoms with Crippen LogP contribution in [0.5, 0.6) is 0 Å². The predicted molar refractivity (Wildman–Crippen MR) is 533 cm³/mol. The van der Waals surface area contributed by atoms with Crippen molar-refractivity contribution in [2.45, 2.75) is 20.8 Å². The SMILES string of the molecule is BrBr.C=CC.C=Cc1cnc2ccc(Br)cc2n1.C=Cc1cnc2ccc(Br)cc2n1.CC(=O)O.CCO.COC(=O)C=O.Clc1cnc2ccc(Br)cc2n1.Nc1ccccc1N.O.O=Cc1cnc2ccc(Br)cc2n1.O=P(Cl)(Cl)Cl.O=P(Cl)(Cl)Cl.O=c1cnc2ccc(Br)cc2[nH]1.O=c1cnc2ccccc2[nH]1.[C-]#[N+]c1cnc2ccc(Br)cc2n1. The Morgan fingerprint density at radius 2 is 0.774 bits per heavy atom. The molecule has 0 saturated carbocycles. The molecule has 0 radical (unpaired) electrons. The van der Waals surface area contributed by atoms with Gasteiger partial charge >= 0.3 is 16.4 Å². The van der Waals surface area contributed by atoms with E-state index in [4.69, 9.17) is 44.6 Å². The van der Waals surface area contributed by atoms with Crippen LogP contribution >= 0.6 is 213 Å². The number of carboxylic acid groups (broad SMARTS) is 1. The number of H-pyrrole nitrogens is 2. The first-order valence-electron chi connectivity index (χ1n) is 33.2. The Bertz CT molecular complexity index is 5960. The number of aliphatic carboxylic acids is 1. The van der Waals surface area contributed by atoms with Crippen LogP contribution in [0.1, 0.15) is 42.6 Å². The first-order chi connectivity index (χ1) is 58.2. The smallest absolute Gasteiger partial charge is 0.371 e. The van der Waals surface area contributed by atoms with Crippen molar-refractivity contribution in [3.63, 3.8) is 0 Å². The molecule has 652 valence electrons. The highest BCUT2D eigenvalue weighted by Gasteiger charge is 2.07. The Labute approximate surface area is 808 Å². The number of nitrogen functional groups attached to an aromatic ring is 2. The van der Waals surface area contributed by atoms with Gasteiger partial charge in [0.05, 0.1) is 139 Å². The van der Waals surface area contributed by atoms with Gasteiger partial charge in [0.25, 0.3) is 22.9 Å². The Morgan fingerprint density at radius 1 is 0.492 bits per heavy atom. The standard InChI is InChI=1S/2C10H7BrN2.C9H4BrN3.C9H5BrN2O.C8H4BrClN2.C8H5BrN2O.C8H6N2O.C6H8N2.C3H4O3.C3H6.C2H4O2.C2H6O.Br2.2Cl3OP.H2O/c2*1-2-8-6-12-9-4-3-7(11)5-10(9)13-8;1-11-9-5-12-7-3-2-6(10)4-8(7)13-9;10-6-1-2-8-9(3-6)12-7(5-13)4-11-8;9-5-1-2-6-7(3-5)12-8(10)4-11-6;9-5-1-2-6-7(3-5)11-8(12)4-10-6;11-8-5-9-6-3-1-2-4-7(6)10-8;7-5-3-1-2-4-6(5)8;1-6-3(5)2-4;1-3-2;1-2(3)4;1-2-3;1-2;2*1-5(2,3)4;/h2*2-6H,1H2;2-5H;1-5H;1-4H;1-4H,(H,11,12);1-5H,(H,10,11);1-4H,7-8H2;2H,1H3;3H,1H2,2H3;1H3,(H,3,4);3H,2H2,1H3;;;;1H2. The maximum Gasteiger partial charge on any atom is 0.371 e. The number of esters is 1. The molecule has 10 N–H and O–H groups in total. The van der Waals surface area contributed by atoms with Gasteiger partial charge in [-0.25, -0.2) is 34.7 Å². The third kappa shape index (κ3) is 51.9. The van der Waals surface area contributed by atoms with Gasteiger partial charge in [-0.2, -0.15) is 0 Å². The summed E-state index contributed by atoms with van der Waals surface area (Å²) in [7, 11) is 1.15. The highest BCUT2D eigenvalue weighted by molar-refractivity contribution is 9.93. The summed E-state index contributed by atoms with van der Waals surface area (Å²) < 4.78 is 28.7. The Morgan fingerprint density at radius 3 is 1.10 bits per heavy atom. The summed E-state index contributed by atoms with van der Waals surface area (Å²) in [5.41, 5.74) is 25.1. The van der Waals surface area contributed by atoms with Crippen molar-refractivity contribution >= 4 is 344 Å². The Hall–Kier alpha value is -8.42. The maximum absolute atomic E-state index is 10.9. The molecule has 0 aliphatic carbocycles. The molecule has 8 aromatic carbocycles. The van der Waals surface area contributed by atoms with Crippen molar-refractivity contribution in [1.82, 2.24) is 69.8 Å². The fourth-order valence-corrected chi connectivity index (χ4v) is 10.0. The number of aromatic nitrogens is 14. The zero-order chi connectivity index (χ0) is 92.8. The summed E-state index contributed by atoms with van der Waals surface area (Å²) in [6.45, 7) is 22.3. The average molecular weight is 2380 g/mol. The van der Waals surface area contributed by atoms with Gasteiger partial charge in [0, 0.05) is 74.7 Å². The first-order valence-corrected chi connectivity index (χ1v) is 50.9. The Balaban J connectivity index is 0.00000134. The van der Waals surface area contributed by atoms with Crippen LogP contribution in [0.25, 0.3) is 94.2 Å². The topological polar surface area (TPSA) is 460 Å². The van der Waals surface area contributed by atoms with Crippen LogP contribution in [0, 0.1) is 6.57 Å². The van der Waals surface area contributed by atoms with Crippen LogP contribution in [0.2, 0.25) is 5.15 Å². The molecule has 0 atom stereocenters. The molecule has 46 heteroatoms. The van der Waals surface area contributed by atoms with E-state index in [0.717, 1.165) is 129 Å². The molecule has 15 aromatic rings. The number of nitrogens with zero attached hydrogens (tertiary/aromatic N) is 13. The second-order valence-electron chi connectivity index (χ2n) is 21.6. The number of hydrogen-bond donors (Lipinski definition) is 6. The largest absolute Gasteiger partial charge is 0.481 e. The number of carbonyl (C=O) groups excluding carboxylic acids is 3. The number of aliphatic hydroxyl groups is 1. The second-order valence-corrected chi connectivity index (χ2v) is 40.8. The lowest BCUT2D eigenvalue weighted by atomic mass is 10.3. The van der Waals surface area contributed by atoms with Crippen molar-refractivity contribution in [2.75, 3.05) is 25.2 Å². The number of aromatic amines is 2. The summed E-state index contributed by atoms with van der Waals surface area (Å²) in [6.07, 6.45) is 16.4. The number of anilines is 2. The number of methoxy groups -OCH3 is 1. The molecule has 15 rings (SSSR count). The fraction of sp³-hybridized carbons (Fsp3) is 0.0641. The molecule has 0 bridgehead atoms. The van der Waals surface area contributed by atoms with Gasteiger partial charge in [0.1, 0.15) is 16.4 Å². The van der Waals surface area contributed by atoms with Gasteiger partial charge in [-0.05, 0) is 221 Å². The molecule has 29 nitrogen and oxygen atoms in total. The highest BCUT2D eigenvalue weighted by Crippen LogP contribution is 2.62. The molecular formula is C78H68Br8Cl7N17O12P2. The lowest BCUT2D eigenvalue weighted by Gasteiger charge is -1.97. The molecule has 124 heavy (non-hydrogen) atoms. The molecule has 0 saturated heterocycles. The highest BCUT2D eigenvalue weighted by atomic mass is 80.9. The summed E-state index contributed by atoms with van der Waals surface area (Å²) in [6, 6.07) is 48.7. The zero-order valence-corrected chi connectivity index (χ0v) is 84.1. The van der Waals surface area contributed by atoms with Crippen molar-refractivity contribution in [2.24, 2.45) is 0 Å². The van der Waals surface area contributed by atoms with E-state index in [1.54, 1.807) is 49.7 Å². The summed E-state index contributed by atoms with van der Waals surface area (Å²) in [5, 5.41) is 8.96. The minimum Gasteiger partial charge on any atom is -0.481 e. The number of hydrogen-bond acceptors (Lipinski definition) is 24. The Kier molecular flexibility index (Phi) is 60.0. The summed E-state index contributed by atoms with van der Waals surface area (Å²) in [4.78, 5) is 118. The minimum absolute atomic E-state index is 0. The number of benzene rings is 8. The number of halogens is 15. The van der Waals surface area contributed by atoms with Crippen molar-refractivity contribution in [3.8, 4) is 0 Å². The van der Waals surface area contributed by atoms with E-state index < -0.39 is 22.3 Å². The second kappa shape index (κ2) is 64.3. The number of ether oxygens (including phenoxy) is 1. The molecule has 0 aliphatic heterocycles. The number of nitrogens with one attached hydrogen (secondary N) is 2. The number of aliphatic hydroxyl groups excluding tert-OH is 1. The van der Waals surface area contributed by atoms with Gasteiger partial charge in [0.2, 0.25) is 6.29 Å². The summed E-state index contributed by atoms with van der Waals surface area (Å²) in [5.74, 6) is -1.35. The molecule has 0 aliphatic rings. The molecule has 7 heterocycles. The third-order valence-electron chi connectivity index (χ3n) is 12.5. The van der Waals surface area contributed by atoms with Gasteiger partial charge in [-0.1, -0.05) is 157 Å². The van der Waals surface area contributed by atoms with Crippen LogP contribution in [0.4, 0.5) is 17.2 Å². The molecular weight excluding hydrogens is 2320 g/mol. The molecule has 0 spiro atoms. The monoisotopic (exact) mass is 2370 g/mol. The van der Waals surface area contributed by atoms with E-state index >= 15 is 0 Å². The van der Waals surface area contributed by atoms with Crippen molar-refractivity contribution in [3.05, 3.63) is 308 Å². The van der Waals surface area contributed by atoms with Crippen LogP contribution in [-0.2, 0) is 28.3 Å². The summed E-state index contributed by atoms with van der Waals surface area (Å²) >= 11 is 59.0. The number of carboxylic acids is 1. The number of rotatable bonds is 4. The number of allylic oxidation sites excluding steroid dienone is 1. The zero-order valence-electron chi connectivity index (χ0n) is 64.4. The van der Waals surface area contributed by atoms with Crippen LogP contribution in [0.3, 0.4) is 0 Å². The van der Waals surface area contributed by atoms with Crippen LogP contribution < -0.4 is 22.6 Å². The van der Waals surface area contributed by atoms with E-state index in [1.165, 1.54) is 31.0 Å². The van der Waals surface area contributed by atoms with E-state index in [9.17, 15) is 33.1 Å². The number of nitrogens with two attached hydrogens (primary N) is 2. The fourth-order valence-electron chi connectivity index (χ4n) is 7.80. The normalized spacial score (nSPS) is 9.54. The predicted octanol–water partition coefficient (Wildman–Crippen LogP) is 24.9. The number of carbonyl (C=O) groups is 4. The van der Waals surface area contributed by atoms with Gasteiger partial charge in [-0.15, -0.1) is 11.6 Å². The quantitative estimate of drug-likeness (QED) is 0.0181. The van der Waals surface area contributed by atoms with Gasteiger partial charge in [-0.3, -0.25) is 58.0 Å². The van der Waals surface area contributed by atoms with E-state index in [-0.39, 0.29) is 29.5 Å². The molecule has 0 amide bonds. The first kappa shape index (κ1) is 116. The van der Waals surface area contributed by atoms with E-state index in [0.29, 0.717) is 34.3 Å². The molecule has 7 aromatic heterocycles. The lowest BCUT2D eigenvalue weighted by molar-refractivity contribution is -0.146. The number of fused-ring (bicyclic) bond motifs is 7. The average Bonchev–Trinajstić information content (AvgIpc) is 0.938. The van der Waals surface area contributed by atoms with Crippen molar-refractivity contribution < 1.29 is 48.7 Å².